The molecule has 1 aliphatic heterocycles. The Morgan fingerprint density at radius 1 is 1.12 bits per heavy atom. The Morgan fingerprint density at radius 2 is 1.88 bits per heavy atom. The van der Waals surface area contributed by atoms with Gasteiger partial charge in [0.05, 0.1) is 26.3 Å². The Morgan fingerprint density at radius 3 is 2.56 bits per heavy atom. The lowest BCUT2D eigenvalue weighted by molar-refractivity contribution is 0.126. The van der Waals surface area contributed by atoms with E-state index in [9.17, 15) is 18.3 Å². The number of hydrogen-bond donors (Lipinski definition) is 3. The van der Waals surface area contributed by atoms with Gasteiger partial charge in [-0.3, -0.25) is 4.57 Å². The lowest BCUT2D eigenvalue weighted by Gasteiger charge is -2.26. The van der Waals surface area contributed by atoms with Crippen LogP contribution < -0.4 is 10.6 Å². The van der Waals surface area contributed by atoms with Gasteiger partial charge in [-0.15, -0.1) is 0 Å². The SMILES string of the molecule is [2H]C1OCC(n2c(Nc3c(F)cc(F)cc3F)nc3cnc(NC4CCC(O)CC4)nc32)C1([2H])[2H]. The number of imidazole rings is 1. The van der Waals surface area contributed by atoms with E-state index in [1.54, 1.807) is 0 Å². The standard InChI is InChI=1S/C21H23F3N6O2/c22-11-7-15(23)18(16(24)8-11)28-21-27-17-9-25-20(26-12-1-3-14(31)4-2-12)29-19(17)30(21)13-5-6-32-10-13/h7-9,12-14,31H,1-6,10H2,(H,27,28)(H,25,26,29)/i5D2,6D. The number of fused-ring (bicyclic) bond motifs is 1. The van der Waals surface area contributed by atoms with E-state index in [4.69, 9.17) is 8.85 Å². The van der Waals surface area contributed by atoms with Crippen LogP contribution in [0.3, 0.4) is 0 Å². The van der Waals surface area contributed by atoms with Gasteiger partial charge in [-0.1, -0.05) is 0 Å². The summed E-state index contributed by atoms with van der Waals surface area (Å²) in [4.78, 5) is 13.0. The van der Waals surface area contributed by atoms with Crippen molar-refractivity contribution in [3.63, 3.8) is 0 Å². The molecule has 0 spiro atoms. The first-order valence-corrected chi connectivity index (χ1v) is 10.3. The van der Waals surface area contributed by atoms with Gasteiger partial charge in [-0.25, -0.2) is 23.1 Å². The Labute approximate surface area is 186 Å². The average molecular weight is 451 g/mol. The molecule has 3 N–H and O–H groups in total. The van der Waals surface area contributed by atoms with Gasteiger partial charge < -0.3 is 20.5 Å². The van der Waals surface area contributed by atoms with Crippen molar-refractivity contribution in [3.8, 4) is 0 Å². The predicted octanol–water partition coefficient (Wildman–Crippen LogP) is 3.66. The van der Waals surface area contributed by atoms with Gasteiger partial charge in [0.2, 0.25) is 11.9 Å². The van der Waals surface area contributed by atoms with Crippen molar-refractivity contribution in [2.45, 2.75) is 50.2 Å². The van der Waals surface area contributed by atoms with E-state index < -0.39 is 42.1 Å². The summed E-state index contributed by atoms with van der Waals surface area (Å²) in [6, 6.07) is -0.0408. The van der Waals surface area contributed by atoms with Crippen molar-refractivity contribution in [3.05, 3.63) is 35.8 Å². The molecule has 3 aromatic rings. The number of anilines is 3. The van der Waals surface area contributed by atoms with E-state index in [0.29, 0.717) is 25.0 Å². The lowest BCUT2D eigenvalue weighted by atomic mass is 9.93. The average Bonchev–Trinajstić information content (AvgIpc) is 3.27. The molecule has 170 valence electrons. The minimum Gasteiger partial charge on any atom is -0.393 e. The second kappa shape index (κ2) is 8.55. The molecule has 2 atom stereocenters. The monoisotopic (exact) mass is 451 g/mol. The Kier molecular flexibility index (Phi) is 4.71. The minimum atomic E-state index is -2.18. The molecule has 2 unspecified atom stereocenters. The molecule has 2 aromatic heterocycles. The molecule has 5 rings (SSSR count). The minimum absolute atomic E-state index is 0.0334. The predicted molar refractivity (Wildman–Crippen MR) is 111 cm³/mol. The van der Waals surface area contributed by atoms with Gasteiger partial charge in [-0.05, 0) is 32.1 Å². The van der Waals surface area contributed by atoms with Gasteiger partial charge >= 0.3 is 0 Å². The Balaban J connectivity index is 1.57. The number of nitrogens with zero attached hydrogens (tertiary/aromatic N) is 4. The van der Waals surface area contributed by atoms with Crippen molar-refractivity contribution in [1.29, 1.82) is 0 Å². The molecular formula is C21H23F3N6O2. The number of rotatable bonds is 5. The fraction of sp³-hybridized carbons (Fsp3) is 0.476. The van der Waals surface area contributed by atoms with Crippen molar-refractivity contribution < 1.29 is 27.1 Å². The normalized spacial score (nSPS) is 28.8. The zero-order valence-electron chi connectivity index (χ0n) is 19.9. The quantitative estimate of drug-likeness (QED) is 0.545. The second-order valence-corrected chi connectivity index (χ2v) is 7.86. The fourth-order valence-electron chi connectivity index (χ4n) is 3.98. The molecule has 1 saturated heterocycles. The number of halogens is 3. The zero-order valence-corrected chi connectivity index (χ0v) is 16.9. The van der Waals surface area contributed by atoms with Gasteiger partial charge in [0.1, 0.15) is 17.0 Å². The third-order valence-electron chi connectivity index (χ3n) is 5.62. The van der Waals surface area contributed by atoms with E-state index >= 15 is 0 Å². The van der Waals surface area contributed by atoms with Crippen LogP contribution in [0.4, 0.5) is 30.8 Å². The van der Waals surface area contributed by atoms with Crippen LogP contribution in [0.25, 0.3) is 11.2 Å². The van der Waals surface area contributed by atoms with Crippen LogP contribution in [-0.2, 0) is 4.74 Å². The first kappa shape index (κ1) is 17.6. The summed E-state index contributed by atoms with van der Waals surface area (Å²) in [5.41, 5.74) is -0.295. The number of aromatic nitrogens is 4. The molecular weight excluding hydrogens is 425 g/mol. The van der Waals surface area contributed by atoms with Crippen molar-refractivity contribution in [1.82, 2.24) is 19.5 Å². The highest BCUT2D eigenvalue weighted by molar-refractivity contribution is 5.76. The third-order valence-corrected chi connectivity index (χ3v) is 5.62. The highest BCUT2D eigenvalue weighted by Crippen LogP contribution is 2.32. The number of aliphatic hydroxyl groups is 1. The van der Waals surface area contributed by atoms with Crippen LogP contribution in [-0.4, -0.2) is 50.0 Å². The van der Waals surface area contributed by atoms with E-state index in [0.717, 1.165) is 12.8 Å². The first-order valence-electron chi connectivity index (χ1n) is 11.9. The number of ether oxygens (including phenoxy) is 1. The highest BCUT2D eigenvalue weighted by atomic mass is 19.1. The number of hydrogen-bond acceptors (Lipinski definition) is 7. The molecule has 1 saturated carbocycles. The van der Waals surface area contributed by atoms with Crippen LogP contribution >= 0.6 is 0 Å². The maximum atomic E-state index is 14.4. The summed E-state index contributed by atoms with van der Waals surface area (Å²) in [6.07, 6.45) is 1.61. The second-order valence-electron chi connectivity index (χ2n) is 7.86. The van der Waals surface area contributed by atoms with Crippen LogP contribution in [0.5, 0.6) is 0 Å². The molecule has 11 heteroatoms. The molecule has 2 aliphatic rings. The van der Waals surface area contributed by atoms with Gasteiger partial charge in [0.15, 0.2) is 17.3 Å². The molecule has 8 nitrogen and oxygen atoms in total. The summed E-state index contributed by atoms with van der Waals surface area (Å²) in [6.45, 7) is -1.70. The zero-order chi connectivity index (χ0) is 24.9. The highest BCUT2D eigenvalue weighted by Gasteiger charge is 2.27. The van der Waals surface area contributed by atoms with Crippen LogP contribution in [0.1, 0.15) is 42.2 Å². The van der Waals surface area contributed by atoms with Gasteiger partial charge in [0, 0.05) is 27.5 Å². The van der Waals surface area contributed by atoms with Crippen molar-refractivity contribution in [2.75, 3.05) is 23.8 Å². The summed E-state index contributed by atoms with van der Waals surface area (Å²) in [5.74, 6) is -3.40. The maximum absolute atomic E-state index is 14.4. The Hall–Kier alpha value is -2.92. The van der Waals surface area contributed by atoms with Crippen LogP contribution in [0.2, 0.25) is 0 Å². The summed E-state index contributed by atoms with van der Waals surface area (Å²) in [7, 11) is 0. The molecule has 2 fully saturated rings. The van der Waals surface area contributed by atoms with Gasteiger partial charge in [0.25, 0.3) is 0 Å². The van der Waals surface area contributed by atoms with Crippen LogP contribution in [0.15, 0.2) is 18.3 Å². The first-order chi connectivity index (χ1) is 16.6. The van der Waals surface area contributed by atoms with E-state index in [1.807, 2.05) is 0 Å². The third kappa shape index (κ3) is 4.09. The smallest absolute Gasteiger partial charge is 0.224 e. The summed E-state index contributed by atoms with van der Waals surface area (Å²) < 4.78 is 73.3. The molecule has 0 amide bonds. The summed E-state index contributed by atoms with van der Waals surface area (Å²) >= 11 is 0. The molecule has 0 radical (unpaired) electrons. The topological polar surface area (TPSA) is 97.1 Å². The van der Waals surface area contributed by atoms with Crippen LogP contribution in [0, 0.1) is 17.5 Å². The molecule has 1 aliphatic carbocycles. The van der Waals surface area contributed by atoms with Crippen molar-refractivity contribution in [2.24, 2.45) is 0 Å². The number of nitrogens with one attached hydrogen (secondary N) is 2. The molecule has 1 aromatic carbocycles. The van der Waals surface area contributed by atoms with Gasteiger partial charge in [-0.2, -0.15) is 4.98 Å². The maximum Gasteiger partial charge on any atom is 0.224 e. The van der Waals surface area contributed by atoms with Crippen molar-refractivity contribution >= 4 is 28.7 Å². The fourth-order valence-corrected chi connectivity index (χ4v) is 3.98. The lowest BCUT2D eigenvalue weighted by Crippen LogP contribution is -2.29. The molecule has 3 heterocycles. The molecule has 0 bridgehead atoms. The summed E-state index contributed by atoms with van der Waals surface area (Å²) in [5, 5.41) is 15.4. The number of aliphatic hydroxyl groups excluding tert-OH is 1. The van der Waals surface area contributed by atoms with E-state index in [2.05, 4.69) is 25.6 Å². The largest absolute Gasteiger partial charge is 0.393 e. The number of benzene rings is 1. The Bertz CT molecular complexity index is 1230. The van der Waals surface area contributed by atoms with E-state index in [1.165, 1.54) is 10.8 Å². The van der Waals surface area contributed by atoms with E-state index in [-0.39, 0.29) is 41.8 Å². The molecule has 32 heavy (non-hydrogen) atoms.